The van der Waals surface area contributed by atoms with E-state index in [4.69, 9.17) is 4.74 Å². The Morgan fingerprint density at radius 2 is 2.00 bits per heavy atom. The first-order chi connectivity index (χ1) is 9.51. The summed E-state index contributed by atoms with van der Waals surface area (Å²) in [6, 6.07) is 0.446. The number of hydrogen-bond acceptors (Lipinski definition) is 4. The quantitative estimate of drug-likeness (QED) is 0.626. The Bertz CT molecular complexity index is 303. The Balaban J connectivity index is 2.91. The number of rotatable bonds is 10. The molecule has 1 unspecified atom stereocenters. The fraction of sp³-hybridized carbons (Fsp3) is 0.938. The highest BCUT2D eigenvalue weighted by molar-refractivity contribution is 5.82. The summed E-state index contributed by atoms with van der Waals surface area (Å²) >= 11 is 0. The molecule has 1 N–H and O–H groups in total. The van der Waals surface area contributed by atoms with Crippen molar-refractivity contribution in [3.8, 4) is 0 Å². The van der Waals surface area contributed by atoms with Crippen molar-refractivity contribution in [2.24, 2.45) is 5.92 Å². The summed E-state index contributed by atoms with van der Waals surface area (Å²) in [5, 5.41) is 3.52. The molecule has 0 saturated heterocycles. The Kier molecular flexibility index (Phi) is 6.96. The van der Waals surface area contributed by atoms with Crippen LogP contribution in [0, 0.1) is 5.92 Å². The molecule has 0 amide bonds. The lowest BCUT2D eigenvalue weighted by Gasteiger charge is -2.39. The molecular formula is C16H32N2O2. The van der Waals surface area contributed by atoms with Crippen LogP contribution in [0.3, 0.4) is 0 Å². The summed E-state index contributed by atoms with van der Waals surface area (Å²) in [5.41, 5.74) is -0.510. The number of esters is 1. The van der Waals surface area contributed by atoms with Crippen molar-refractivity contribution >= 4 is 5.97 Å². The van der Waals surface area contributed by atoms with Gasteiger partial charge in [-0.15, -0.1) is 0 Å². The van der Waals surface area contributed by atoms with Gasteiger partial charge in [-0.3, -0.25) is 4.90 Å². The van der Waals surface area contributed by atoms with Crippen LogP contribution in [0.4, 0.5) is 0 Å². The van der Waals surface area contributed by atoms with Crippen LogP contribution in [-0.2, 0) is 9.53 Å². The number of nitrogens with one attached hydrogen (secondary N) is 1. The number of hydrogen-bond donors (Lipinski definition) is 1. The van der Waals surface area contributed by atoms with E-state index < -0.39 is 5.54 Å². The van der Waals surface area contributed by atoms with Crippen molar-refractivity contribution in [2.45, 2.75) is 65.0 Å². The van der Waals surface area contributed by atoms with E-state index in [9.17, 15) is 4.79 Å². The van der Waals surface area contributed by atoms with E-state index in [1.165, 1.54) is 7.11 Å². The van der Waals surface area contributed by atoms with Gasteiger partial charge in [-0.25, -0.2) is 4.79 Å². The van der Waals surface area contributed by atoms with Crippen LogP contribution < -0.4 is 5.32 Å². The van der Waals surface area contributed by atoms with Gasteiger partial charge in [-0.2, -0.15) is 0 Å². The number of carbonyl (C=O) groups excluding carboxylic acids is 1. The molecular weight excluding hydrogens is 252 g/mol. The molecule has 4 heteroatoms. The molecule has 1 aliphatic rings. The van der Waals surface area contributed by atoms with Crippen molar-refractivity contribution in [3.63, 3.8) is 0 Å². The average molecular weight is 284 g/mol. The molecule has 0 aromatic carbocycles. The summed E-state index contributed by atoms with van der Waals surface area (Å²) in [4.78, 5) is 14.9. The summed E-state index contributed by atoms with van der Waals surface area (Å²) in [6.07, 6.45) is 4.39. The fourth-order valence-electron chi connectivity index (χ4n) is 2.87. The predicted octanol–water partition coefficient (Wildman–Crippen LogP) is 2.43. The maximum atomic E-state index is 12.5. The van der Waals surface area contributed by atoms with Gasteiger partial charge in [-0.05, 0) is 58.5 Å². The minimum Gasteiger partial charge on any atom is -0.468 e. The first-order valence-corrected chi connectivity index (χ1v) is 8.09. The smallest absolute Gasteiger partial charge is 0.327 e. The molecule has 0 radical (unpaired) electrons. The van der Waals surface area contributed by atoms with Gasteiger partial charge in [0.25, 0.3) is 0 Å². The van der Waals surface area contributed by atoms with Crippen LogP contribution in [0.1, 0.15) is 53.4 Å². The van der Waals surface area contributed by atoms with Crippen LogP contribution in [0.15, 0.2) is 0 Å². The van der Waals surface area contributed by atoms with Gasteiger partial charge >= 0.3 is 5.97 Å². The Morgan fingerprint density at radius 1 is 1.35 bits per heavy atom. The molecule has 0 heterocycles. The monoisotopic (exact) mass is 284 g/mol. The third-order valence-electron chi connectivity index (χ3n) is 4.21. The zero-order valence-electron chi connectivity index (χ0n) is 13.9. The van der Waals surface area contributed by atoms with E-state index in [-0.39, 0.29) is 5.97 Å². The topological polar surface area (TPSA) is 41.6 Å². The van der Waals surface area contributed by atoms with Crippen molar-refractivity contribution < 1.29 is 9.53 Å². The summed E-state index contributed by atoms with van der Waals surface area (Å²) in [6.45, 7) is 11.4. The van der Waals surface area contributed by atoms with Crippen LogP contribution in [0.5, 0.6) is 0 Å². The second-order valence-corrected chi connectivity index (χ2v) is 6.23. The molecule has 0 aromatic rings. The lowest BCUT2D eigenvalue weighted by Crippen LogP contribution is -2.62. The first-order valence-electron chi connectivity index (χ1n) is 8.09. The predicted molar refractivity (Wildman–Crippen MR) is 82.8 cm³/mol. The summed E-state index contributed by atoms with van der Waals surface area (Å²) in [5.74, 6) is 0.342. The van der Waals surface area contributed by atoms with E-state index in [0.717, 1.165) is 45.3 Å². The third-order valence-corrected chi connectivity index (χ3v) is 4.21. The molecule has 0 aliphatic heterocycles. The zero-order valence-corrected chi connectivity index (χ0v) is 13.9. The Morgan fingerprint density at radius 3 is 2.40 bits per heavy atom. The lowest BCUT2D eigenvalue weighted by molar-refractivity contribution is -0.151. The molecule has 0 bridgehead atoms. The van der Waals surface area contributed by atoms with Crippen LogP contribution in [0.25, 0.3) is 0 Å². The van der Waals surface area contributed by atoms with Crippen molar-refractivity contribution in [1.82, 2.24) is 10.2 Å². The largest absolute Gasteiger partial charge is 0.468 e. The third kappa shape index (κ3) is 4.19. The van der Waals surface area contributed by atoms with Gasteiger partial charge in [0.2, 0.25) is 0 Å². The highest BCUT2D eigenvalue weighted by Crippen LogP contribution is 2.41. The second-order valence-electron chi connectivity index (χ2n) is 6.23. The van der Waals surface area contributed by atoms with Crippen molar-refractivity contribution in [3.05, 3.63) is 0 Å². The maximum absolute atomic E-state index is 12.5. The Labute approximate surface area is 124 Å². The summed E-state index contributed by atoms with van der Waals surface area (Å²) < 4.78 is 5.14. The van der Waals surface area contributed by atoms with Gasteiger partial charge in [0.05, 0.1) is 7.11 Å². The minimum absolute atomic E-state index is 0.0878. The number of ether oxygens (including phenoxy) is 1. The van der Waals surface area contributed by atoms with Gasteiger partial charge in [0.1, 0.15) is 5.54 Å². The number of nitrogens with zero attached hydrogens (tertiary/aromatic N) is 1. The first kappa shape index (κ1) is 17.4. The van der Waals surface area contributed by atoms with Crippen LogP contribution in [0.2, 0.25) is 0 Å². The van der Waals surface area contributed by atoms with Crippen LogP contribution >= 0.6 is 0 Å². The minimum atomic E-state index is -0.510. The van der Waals surface area contributed by atoms with Gasteiger partial charge in [0.15, 0.2) is 0 Å². The molecule has 1 atom stereocenters. The maximum Gasteiger partial charge on any atom is 0.327 e. The molecule has 4 nitrogen and oxygen atoms in total. The molecule has 1 saturated carbocycles. The van der Waals surface area contributed by atoms with E-state index in [0.29, 0.717) is 12.0 Å². The normalized spacial score (nSPS) is 18.4. The number of carbonyl (C=O) groups is 1. The van der Waals surface area contributed by atoms with E-state index in [2.05, 4.69) is 37.9 Å². The van der Waals surface area contributed by atoms with Crippen molar-refractivity contribution in [2.75, 3.05) is 26.7 Å². The van der Waals surface area contributed by atoms with E-state index >= 15 is 0 Å². The molecule has 1 rings (SSSR count). The van der Waals surface area contributed by atoms with Crippen LogP contribution in [-0.4, -0.2) is 49.2 Å². The van der Waals surface area contributed by atoms with Gasteiger partial charge in [0, 0.05) is 12.6 Å². The van der Waals surface area contributed by atoms with Gasteiger partial charge < -0.3 is 10.1 Å². The number of methoxy groups -OCH3 is 1. The van der Waals surface area contributed by atoms with E-state index in [1.54, 1.807) is 0 Å². The second kappa shape index (κ2) is 7.99. The van der Waals surface area contributed by atoms with Gasteiger partial charge in [-0.1, -0.05) is 13.8 Å². The average Bonchev–Trinajstić information content (AvgIpc) is 3.26. The zero-order chi connectivity index (χ0) is 15.2. The van der Waals surface area contributed by atoms with Crippen molar-refractivity contribution in [1.29, 1.82) is 0 Å². The molecule has 1 aliphatic carbocycles. The fourth-order valence-corrected chi connectivity index (χ4v) is 2.87. The SMILES string of the molecule is CCCNC(CN(CCC)C(C)C)(C(=O)OC)C1CC1. The molecule has 1 fully saturated rings. The molecule has 20 heavy (non-hydrogen) atoms. The molecule has 0 spiro atoms. The molecule has 0 aromatic heterocycles. The highest BCUT2D eigenvalue weighted by atomic mass is 16.5. The molecule has 118 valence electrons. The van der Waals surface area contributed by atoms with E-state index in [1.807, 2.05) is 0 Å². The highest BCUT2D eigenvalue weighted by Gasteiger charge is 2.52. The lowest BCUT2D eigenvalue weighted by atomic mass is 9.91. The Hall–Kier alpha value is -0.610. The summed E-state index contributed by atoms with van der Waals surface area (Å²) in [7, 11) is 1.51. The standard InChI is InChI=1S/C16H32N2O2/c1-6-10-17-16(14-8-9-14,15(19)20-5)12-18(11-7-2)13(3)4/h13-14,17H,6-12H2,1-5H3.